The summed E-state index contributed by atoms with van der Waals surface area (Å²) in [6.07, 6.45) is 4.41. The van der Waals surface area contributed by atoms with E-state index in [0.717, 1.165) is 0 Å². The molecule has 9 heteroatoms. The Kier molecular flexibility index (Phi) is 7.47. The second kappa shape index (κ2) is 10.5. The molecule has 2 heterocycles. The zero-order chi connectivity index (χ0) is 25.1. The first-order valence-electron chi connectivity index (χ1n) is 10.9. The van der Waals surface area contributed by atoms with Gasteiger partial charge < -0.3 is 15.0 Å². The minimum absolute atomic E-state index is 0.154. The first-order chi connectivity index (χ1) is 16.8. The average molecular weight is 599 g/mol. The van der Waals surface area contributed by atoms with Gasteiger partial charge >= 0.3 is 6.09 Å². The SMILES string of the molecule is CCN(CC)C(=O)Oc1c(Br)cc(/C=C2\C(=O)Nc3ccc(C(=O)c4ccncc4)cc32)cc1Br. The minimum Gasteiger partial charge on any atom is -0.408 e. The first kappa shape index (κ1) is 24.8. The molecule has 1 aliphatic rings. The van der Waals surface area contributed by atoms with Crippen molar-refractivity contribution in [3.8, 4) is 5.75 Å². The molecule has 0 radical (unpaired) electrons. The van der Waals surface area contributed by atoms with Crippen LogP contribution in [0.25, 0.3) is 11.6 Å². The van der Waals surface area contributed by atoms with Gasteiger partial charge in [0.2, 0.25) is 0 Å². The Morgan fingerprint density at radius 3 is 2.29 bits per heavy atom. The number of ether oxygens (including phenoxy) is 1. The third-order valence-electron chi connectivity index (χ3n) is 5.55. The lowest BCUT2D eigenvalue weighted by Crippen LogP contribution is -2.33. The Morgan fingerprint density at radius 1 is 1.00 bits per heavy atom. The molecule has 0 unspecified atom stereocenters. The summed E-state index contributed by atoms with van der Waals surface area (Å²) in [6, 6.07) is 12.0. The number of pyridine rings is 1. The normalized spacial score (nSPS) is 13.4. The molecule has 3 aromatic rings. The van der Waals surface area contributed by atoms with Crippen molar-refractivity contribution >= 4 is 67.0 Å². The van der Waals surface area contributed by atoms with Crippen molar-refractivity contribution in [2.45, 2.75) is 13.8 Å². The number of carbonyl (C=O) groups excluding carboxylic acids is 3. The average Bonchev–Trinajstić information content (AvgIpc) is 3.16. The number of hydrogen-bond donors (Lipinski definition) is 1. The molecule has 2 amide bonds. The van der Waals surface area contributed by atoms with E-state index in [1.165, 1.54) is 0 Å². The third-order valence-corrected chi connectivity index (χ3v) is 6.73. The summed E-state index contributed by atoms with van der Waals surface area (Å²) >= 11 is 6.93. The highest BCUT2D eigenvalue weighted by atomic mass is 79.9. The van der Waals surface area contributed by atoms with Crippen LogP contribution in [0.2, 0.25) is 0 Å². The van der Waals surface area contributed by atoms with E-state index in [2.05, 4.69) is 42.2 Å². The van der Waals surface area contributed by atoms with Crippen molar-refractivity contribution in [3.63, 3.8) is 0 Å². The molecule has 1 N–H and O–H groups in total. The molecule has 0 bridgehead atoms. The van der Waals surface area contributed by atoms with E-state index in [4.69, 9.17) is 4.74 Å². The van der Waals surface area contributed by atoms with Crippen molar-refractivity contribution in [1.29, 1.82) is 0 Å². The largest absolute Gasteiger partial charge is 0.415 e. The van der Waals surface area contributed by atoms with Crippen molar-refractivity contribution in [1.82, 2.24) is 9.88 Å². The number of fused-ring (bicyclic) bond motifs is 1. The summed E-state index contributed by atoms with van der Waals surface area (Å²) in [5, 5.41) is 2.84. The van der Waals surface area contributed by atoms with E-state index in [1.54, 1.807) is 65.8 Å². The molecule has 178 valence electrons. The number of aromatic nitrogens is 1. The maximum absolute atomic E-state index is 12.9. The Hall–Kier alpha value is -3.30. The number of anilines is 1. The van der Waals surface area contributed by atoms with Crippen LogP contribution in [-0.4, -0.2) is 40.8 Å². The standard InChI is InChI=1S/C26H21Br2N3O4/c1-3-31(4-2)26(34)35-24-20(27)12-15(13-21(24)28)11-19-18-14-17(5-6-22(18)30-25(19)33)23(32)16-7-9-29-10-8-16/h5-14H,3-4H2,1-2H3,(H,30,33)/b19-11-. The van der Waals surface area contributed by atoms with Gasteiger partial charge in [-0.05, 0) is 99.8 Å². The monoisotopic (exact) mass is 597 g/mol. The number of nitrogens with zero attached hydrogens (tertiary/aromatic N) is 2. The maximum atomic E-state index is 12.9. The van der Waals surface area contributed by atoms with E-state index in [0.29, 0.717) is 61.3 Å². The zero-order valence-electron chi connectivity index (χ0n) is 19.0. The zero-order valence-corrected chi connectivity index (χ0v) is 22.1. The summed E-state index contributed by atoms with van der Waals surface area (Å²) in [5.41, 5.74) is 3.39. The topological polar surface area (TPSA) is 88.6 Å². The van der Waals surface area contributed by atoms with Crippen LogP contribution in [0, 0.1) is 0 Å². The van der Waals surface area contributed by atoms with Crippen LogP contribution in [0.4, 0.5) is 10.5 Å². The van der Waals surface area contributed by atoms with E-state index in [-0.39, 0.29) is 11.7 Å². The van der Waals surface area contributed by atoms with Gasteiger partial charge in [0.1, 0.15) is 0 Å². The highest BCUT2D eigenvalue weighted by Gasteiger charge is 2.26. The van der Waals surface area contributed by atoms with Gasteiger partial charge in [-0.25, -0.2) is 4.79 Å². The number of nitrogens with one attached hydrogen (secondary N) is 1. The lowest BCUT2D eigenvalue weighted by Gasteiger charge is -2.19. The number of halogens is 2. The van der Waals surface area contributed by atoms with E-state index >= 15 is 0 Å². The molecule has 0 saturated carbocycles. The molecule has 4 rings (SSSR count). The number of ketones is 1. The van der Waals surface area contributed by atoms with Crippen LogP contribution in [0.15, 0.2) is 63.8 Å². The predicted molar refractivity (Wildman–Crippen MR) is 141 cm³/mol. The fourth-order valence-corrected chi connectivity index (χ4v) is 5.09. The smallest absolute Gasteiger partial charge is 0.408 e. The molecule has 35 heavy (non-hydrogen) atoms. The molecule has 0 saturated heterocycles. The van der Waals surface area contributed by atoms with Crippen molar-refractivity contribution in [2.75, 3.05) is 18.4 Å². The number of hydrogen-bond acceptors (Lipinski definition) is 5. The highest BCUT2D eigenvalue weighted by Crippen LogP contribution is 2.38. The Balaban J connectivity index is 1.66. The lowest BCUT2D eigenvalue weighted by atomic mass is 9.98. The molecule has 0 fully saturated rings. The van der Waals surface area contributed by atoms with Gasteiger partial charge in [-0.15, -0.1) is 0 Å². The summed E-state index contributed by atoms with van der Waals surface area (Å²) in [7, 11) is 0. The van der Waals surface area contributed by atoms with Crippen LogP contribution in [-0.2, 0) is 4.79 Å². The molecule has 0 atom stereocenters. The quantitative estimate of drug-likeness (QED) is 0.271. The van der Waals surface area contributed by atoms with Crippen molar-refractivity contribution in [3.05, 3.63) is 86.1 Å². The van der Waals surface area contributed by atoms with E-state index < -0.39 is 6.09 Å². The Morgan fingerprint density at radius 2 is 1.66 bits per heavy atom. The van der Waals surface area contributed by atoms with Crippen LogP contribution in [0.3, 0.4) is 0 Å². The second-order valence-corrected chi connectivity index (χ2v) is 9.40. The number of carbonyl (C=O) groups is 3. The van der Waals surface area contributed by atoms with Crippen LogP contribution >= 0.6 is 31.9 Å². The molecular formula is C26H21Br2N3O4. The minimum atomic E-state index is -0.446. The molecule has 1 aromatic heterocycles. The van der Waals surface area contributed by atoms with Gasteiger partial charge in [0.05, 0.1) is 8.95 Å². The lowest BCUT2D eigenvalue weighted by molar-refractivity contribution is -0.110. The maximum Gasteiger partial charge on any atom is 0.415 e. The van der Waals surface area contributed by atoms with Gasteiger partial charge in [0.15, 0.2) is 11.5 Å². The number of benzene rings is 2. The number of amides is 2. The Labute approximate surface area is 219 Å². The van der Waals surface area contributed by atoms with Crippen molar-refractivity contribution in [2.24, 2.45) is 0 Å². The molecular weight excluding hydrogens is 578 g/mol. The molecule has 7 nitrogen and oxygen atoms in total. The van der Waals surface area contributed by atoms with Crippen LogP contribution in [0.5, 0.6) is 5.75 Å². The fourth-order valence-electron chi connectivity index (χ4n) is 3.70. The summed E-state index contributed by atoms with van der Waals surface area (Å²) < 4.78 is 6.67. The summed E-state index contributed by atoms with van der Waals surface area (Å²) in [4.78, 5) is 43.5. The van der Waals surface area contributed by atoms with E-state index in [1.807, 2.05) is 13.8 Å². The van der Waals surface area contributed by atoms with Gasteiger partial charge in [0, 0.05) is 53.4 Å². The van der Waals surface area contributed by atoms with Crippen LogP contribution < -0.4 is 10.1 Å². The first-order valence-corrected chi connectivity index (χ1v) is 12.5. The second-order valence-electron chi connectivity index (χ2n) is 7.69. The third kappa shape index (κ3) is 5.21. The molecule has 0 spiro atoms. The molecule has 0 aliphatic carbocycles. The fraction of sp³-hybridized carbons (Fsp3) is 0.154. The van der Waals surface area contributed by atoms with E-state index in [9.17, 15) is 14.4 Å². The predicted octanol–water partition coefficient (Wildman–Crippen LogP) is 6.17. The van der Waals surface area contributed by atoms with Crippen molar-refractivity contribution < 1.29 is 19.1 Å². The summed E-state index contributed by atoms with van der Waals surface area (Å²) in [6.45, 7) is 4.83. The van der Waals surface area contributed by atoms with Gasteiger partial charge in [-0.1, -0.05) is 0 Å². The van der Waals surface area contributed by atoms with Gasteiger partial charge in [0.25, 0.3) is 5.91 Å². The van der Waals surface area contributed by atoms with Gasteiger partial charge in [-0.3, -0.25) is 14.6 Å². The Bertz CT molecular complexity index is 1330. The molecule has 2 aromatic carbocycles. The summed E-state index contributed by atoms with van der Waals surface area (Å²) in [5.74, 6) is -0.0675. The number of rotatable bonds is 6. The van der Waals surface area contributed by atoms with Gasteiger partial charge in [-0.2, -0.15) is 0 Å². The highest BCUT2D eigenvalue weighted by molar-refractivity contribution is 9.11. The van der Waals surface area contributed by atoms with Crippen LogP contribution in [0.1, 0.15) is 40.9 Å². The molecule has 1 aliphatic heterocycles.